The van der Waals surface area contributed by atoms with Gasteiger partial charge in [-0.25, -0.2) is 0 Å². The molecule has 0 amide bonds. The van der Waals surface area contributed by atoms with E-state index in [0.717, 1.165) is 12.4 Å². The Balaban J connectivity index is 2.24. The molecule has 1 aliphatic carbocycles. The average Bonchev–Trinajstić information content (AvgIpc) is 2.88. The van der Waals surface area contributed by atoms with E-state index < -0.39 is 0 Å². The zero-order chi connectivity index (χ0) is 11.9. The number of halogens is 1. The van der Waals surface area contributed by atoms with Gasteiger partial charge in [-0.05, 0) is 35.8 Å². The summed E-state index contributed by atoms with van der Waals surface area (Å²) in [6.45, 7) is 9.82. The smallest absolute Gasteiger partial charge is 0.225 e. The van der Waals surface area contributed by atoms with E-state index in [4.69, 9.17) is 11.6 Å². The van der Waals surface area contributed by atoms with Crippen LogP contribution in [-0.2, 0) is 6.54 Å². The molecule has 1 heterocycles. The highest BCUT2D eigenvalue weighted by atomic mass is 35.5. The maximum Gasteiger partial charge on any atom is 0.225 e. The standard InChI is InChI=1S/C12H20ClN3/c1-8(2)10-14-15-11(13)16(10)7-12(5-6-12)9(3)4/h8-9H,5-7H2,1-4H3. The summed E-state index contributed by atoms with van der Waals surface area (Å²) in [5.74, 6) is 2.09. The first-order valence-corrected chi connectivity index (χ1v) is 6.43. The van der Waals surface area contributed by atoms with Crippen molar-refractivity contribution in [2.24, 2.45) is 11.3 Å². The van der Waals surface area contributed by atoms with Gasteiger partial charge in [0, 0.05) is 12.5 Å². The van der Waals surface area contributed by atoms with Crippen molar-refractivity contribution in [3.8, 4) is 0 Å². The van der Waals surface area contributed by atoms with Crippen molar-refractivity contribution < 1.29 is 0 Å². The van der Waals surface area contributed by atoms with Crippen LogP contribution in [0.4, 0.5) is 0 Å². The van der Waals surface area contributed by atoms with Crippen molar-refractivity contribution in [3.63, 3.8) is 0 Å². The van der Waals surface area contributed by atoms with E-state index in [0.29, 0.717) is 22.5 Å². The van der Waals surface area contributed by atoms with E-state index in [-0.39, 0.29) is 0 Å². The molecule has 0 aromatic carbocycles. The van der Waals surface area contributed by atoms with Gasteiger partial charge in [0.1, 0.15) is 5.82 Å². The lowest BCUT2D eigenvalue weighted by molar-refractivity contribution is 0.303. The Morgan fingerprint density at radius 3 is 2.31 bits per heavy atom. The second-order valence-electron chi connectivity index (χ2n) is 5.59. The maximum atomic E-state index is 6.12. The summed E-state index contributed by atoms with van der Waals surface area (Å²) in [4.78, 5) is 0. The van der Waals surface area contributed by atoms with E-state index in [1.54, 1.807) is 0 Å². The van der Waals surface area contributed by atoms with Gasteiger partial charge >= 0.3 is 0 Å². The third kappa shape index (κ3) is 1.97. The predicted octanol–water partition coefficient (Wildman–Crippen LogP) is 3.49. The SMILES string of the molecule is CC(C)c1nnc(Cl)n1CC1(C(C)C)CC1. The van der Waals surface area contributed by atoms with Gasteiger partial charge in [0.05, 0.1) is 0 Å². The number of nitrogens with zero attached hydrogens (tertiary/aromatic N) is 3. The minimum atomic E-state index is 0.378. The van der Waals surface area contributed by atoms with Gasteiger partial charge in [-0.1, -0.05) is 27.7 Å². The topological polar surface area (TPSA) is 30.7 Å². The molecule has 0 bridgehead atoms. The highest BCUT2D eigenvalue weighted by Crippen LogP contribution is 2.53. The summed E-state index contributed by atoms with van der Waals surface area (Å²) in [7, 11) is 0. The van der Waals surface area contributed by atoms with Crippen LogP contribution in [0.25, 0.3) is 0 Å². The first-order valence-electron chi connectivity index (χ1n) is 6.05. The molecule has 0 atom stereocenters. The highest BCUT2D eigenvalue weighted by Gasteiger charge is 2.46. The molecule has 0 unspecified atom stereocenters. The molecule has 16 heavy (non-hydrogen) atoms. The second-order valence-corrected chi connectivity index (χ2v) is 5.92. The lowest BCUT2D eigenvalue weighted by Gasteiger charge is -2.22. The number of aromatic nitrogens is 3. The van der Waals surface area contributed by atoms with Crippen LogP contribution in [0.1, 0.15) is 52.3 Å². The molecule has 0 N–H and O–H groups in total. The summed E-state index contributed by atoms with van der Waals surface area (Å²) >= 11 is 6.12. The van der Waals surface area contributed by atoms with Crippen LogP contribution in [0, 0.1) is 11.3 Å². The molecular formula is C12H20ClN3. The third-order valence-corrected chi connectivity index (χ3v) is 4.12. The molecular weight excluding hydrogens is 222 g/mol. The Kier molecular flexibility index (Phi) is 2.99. The largest absolute Gasteiger partial charge is 0.301 e. The maximum absolute atomic E-state index is 6.12. The van der Waals surface area contributed by atoms with Gasteiger partial charge in [0.25, 0.3) is 0 Å². The fraction of sp³-hybridized carbons (Fsp3) is 0.833. The van der Waals surface area contributed by atoms with Gasteiger partial charge in [0.2, 0.25) is 5.28 Å². The minimum Gasteiger partial charge on any atom is -0.301 e. The molecule has 0 spiro atoms. The van der Waals surface area contributed by atoms with Gasteiger partial charge in [-0.15, -0.1) is 10.2 Å². The van der Waals surface area contributed by atoms with Crippen LogP contribution < -0.4 is 0 Å². The molecule has 1 saturated carbocycles. The number of rotatable bonds is 4. The Labute approximate surface area is 102 Å². The van der Waals surface area contributed by atoms with Gasteiger partial charge < -0.3 is 4.57 Å². The molecule has 3 nitrogen and oxygen atoms in total. The van der Waals surface area contributed by atoms with E-state index in [2.05, 4.69) is 42.5 Å². The molecule has 1 aromatic rings. The van der Waals surface area contributed by atoms with Gasteiger partial charge in [0.15, 0.2) is 0 Å². The quantitative estimate of drug-likeness (QED) is 0.808. The van der Waals surface area contributed by atoms with E-state index in [9.17, 15) is 0 Å². The van der Waals surface area contributed by atoms with Crippen molar-refractivity contribution >= 4 is 11.6 Å². The summed E-state index contributed by atoms with van der Waals surface area (Å²) in [6.07, 6.45) is 2.60. The molecule has 0 aliphatic heterocycles. The molecule has 1 fully saturated rings. The molecule has 1 aliphatic rings. The Morgan fingerprint density at radius 1 is 1.25 bits per heavy atom. The monoisotopic (exact) mass is 241 g/mol. The van der Waals surface area contributed by atoms with Crippen molar-refractivity contribution in [1.29, 1.82) is 0 Å². The summed E-state index contributed by atoms with van der Waals surface area (Å²) < 4.78 is 2.10. The van der Waals surface area contributed by atoms with Gasteiger partial charge in [-0.3, -0.25) is 0 Å². The van der Waals surface area contributed by atoms with Crippen LogP contribution in [-0.4, -0.2) is 14.8 Å². The van der Waals surface area contributed by atoms with Gasteiger partial charge in [-0.2, -0.15) is 0 Å². The first-order chi connectivity index (χ1) is 7.46. The number of hydrogen-bond donors (Lipinski definition) is 0. The second kappa shape index (κ2) is 4.02. The lowest BCUT2D eigenvalue weighted by Crippen LogP contribution is -2.19. The van der Waals surface area contributed by atoms with Crippen molar-refractivity contribution in [2.75, 3.05) is 0 Å². The molecule has 90 valence electrons. The van der Waals surface area contributed by atoms with Crippen LogP contribution in [0.15, 0.2) is 0 Å². The fourth-order valence-corrected chi connectivity index (χ4v) is 2.45. The van der Waals surface area contributed by atoms with Crippen LogP contribution in [0.3, 0.4) is 0 Å². The van der Waals surface area contributed by atoms with Crippen LogP contribution in [0.2, 0.25) is 5.28 Å². The van der Waals surface area contributed by atoms with E-state index in [1.807, 2.05) is 0 Å². The molecule has 0 radical (unpaired) electrons. The Bertz CT molecular complexity index is 378. The predicted molar refractivity (Wildman–Crippen MR) is 65.6 cm³/mol. The van der Waals surface area contributed by atoms with Crippen LogP contribution in [0.5, 0.6) is 0 Å². The van der Waals surface area contributed by atoms with E-state index in [1.165, 1.54) is 12.8 Å². The fourth-order valence-electron chi connectivity index (χ4n) is 2.26. The first kappa shape index (κ1) is 11.9. The highest BCUT2D eigenvalue weighted by molar-refractivity contribution is 6.28. The normalized spacial score (nSPS) is 18.4. The summed E-state index contributed by atoms with van der Waals surface area (Å²) in [5.41, 5.74) is 0.440. The van der Waals surface area contributed by atoms with Crippen LogP contribution >= 0.6 is 11.6 Å². The summed E-state index contributed by atoms with van der Waals surface area (Å²) in [6, 6.07) is 0. The zero-order valence-electron chi connectivity index (χ0n) is 10.5. The van der Waals surface area contributed by atoms with Crippen molar-refractivity contribution in [1.82, 2.24) is 14.8 Å². The third-order valence-electron chi connectivity index (χ3n) is 3.84. The van der Waals surface area contributed by atoms with Crippen molar-refractivity contribution in [2.45, 2.75) is 53.0 Å². The minimum absolute atomic E-state index is 0.378. The molecule has 0 saturated heterocycles. The van der Waals surface area contributed by atoms with Crippen molar-refractivity contribution in [3.05, 3.63) is 11.1 Å². The average molecular weight is 242 g/mol. The molecule has 1 aromatic heterocycles. The molecule has 4 heteroatoms. The summed E-state index contributed by atoms with van der Waals surface area (Å²) in [5, 5.41) is 8.69. The Morgan fingerprint density at radius 2 is 1.88 bits per heavy atom. The Hall–Kier alpha value is -0.570. The molecule has 2 rings (SSSR count). The zero-order valence-corrected chi connectivity index (χ0v) is 11.3. The number of hydrogen-bond acceptors (Lipinski definition) is 2. The lowest BCUT2D eigenvalue weighted by atomic mass is 9.92. The van der Waals surface area contributed by atoms with E-state index >= 15 is 0 Å².